The van der Waals surface area contributed by atoms with E-state index in [1.54, 1.807) is 0 Å². The lowest BCUT2D eigenvalue weighted by Gasteiger charge is -2.21. The molecule has 3 amide bonds. The van der Waals surface area contributed by atoms with Crippen LogP contribution in [-0.4, -0.2) is 29.4 Å². The molecule has 0 aromatic heterocycles. The average Bonchev–Trinajstić information content (AvgIpc) is 2.89. The van der Waals surface area contributed by atoms with Crippen LogP contribution in [0.15, 0.2) is 24.3 Å². The number of rotatable bonds is 3. The molecule has 1 aliphatic rings. The topological polar surface area (TPSA) is 75.4 Å². The zero-order valence-electron chi connectivity index (χ0n) is 11.1. The number of urea groups is 1. The summed E-state index contributed by atoms with van der Waals surface area (Å²) in [5.74, 6) is -0.166. The summed E-state index contributed by atoms with van der Waals surface area (Å²) in [5, 5.41) is 2.83. The van der Waals surface area contributed by atoms with E-state index in [-0.39, 0.29) is 5.91 Å². The maximum Gasteiger partial charge on any atom is 0.315 e. The normalized spacial score (nSPS) is 18.4. The highest BCUT2D eigenvalue weighted by Gasteiger charge is 2.32. The van der Waals surface area contributed by atoms with Crippen molar-refractivity contribution in [3.05, 3.63) is 29.8 Å². The predicted molar refractivity (Wildman–Crippen MR) is 73.8 cm³/mol. The molecular weight excluding hydrogens is 242 g/mol. The van der Waals surface area contributed by atoms with Gasteiger partial charge in [-0.1, -0.05) is 19.1 Å². The lowest BCUT2D eigenvalue weighted by molar-refractivity contribution is -0.119. The van der Waals surface area contributed by atoms with Gasteiger partial charge in [0.25, 0.3) is 0 Å². The minimum absolute atomic E-state index is 0.166. The molecule has 5 nitrogen and oxygen atoms in total. The Morgan fingerprint density at radius 1 is 1.37 bits per heavy atom. The third kappa shape index (κ3) is 3.05. The fraction of sp³-hybridized carbons (Fsp3) is 0.429. The number of nitrogens with one attached hydrogen (secondary N) is 1. The largest absolute Gasteiger partial charge is 0.351 e. The van der Waals surface area contributed by atoms with Gasteiger partial charge in [-0.15, -0.1) is 0 Å². The van der Waals surface area contributed by atoms with E-state index in [1.807, 2.05) is 24.3 Å². The predicted octanol–water partition coefficient (Wildman–Crippen LogP) is 1.73. The number of hydrogen-bond acceptors (Lipinski definition) is 2. The summed E-state index contributed by atoms with van der Waals surface area (Å²) in [7, 11) is 0. The van der Waals surface area contributed by atoms with Crippen LogP contribution in [0.25, 0.3) is 0 Å². The number of primary amides is 1. The quantitative estimate of drug-likeness (QED) is 0.869. The molecule has 1 aromatic rings. The summed E-state index contributed by atoms with van der Waals surface area (Å²) < 4.78 is 0. The molecule has 1 aromatic carbocycles. The van der Waals surface area contributed by atoms with E-state index < -0.39 is 12.1 Å². The molecule has 0 aliphatic carbocycles. The van der Waals surface area contributed by atoms with Gasteiger partial charge in [-0.2, -0.15) is 0 Å². The van der Waals surface area contributed by atoms with Crippen molar-refractivity contribution < 1.29 is 9.59 Å². The number of anilines is 1. The summed E-state index contributed by atoms with van der Waals surface area (Å²) in [6, 6.07) is 6.75. The lowest BCUT2D eigenvalue weighted by Crippen LogP contribution is -2.45. The molecule has 1 fully saturated rings. The van der Waals surface area contributed by atoms with Crippen LogP contribution in [0.5, 0.6) is 0 Å². The fourth-order valence-electron chi connectivity index (χ4n) is 2.35. The Bertz CT molecular complexity index is 470. The minimum atomic E-state index is -0.529. The van der Waals surface area contributed by atoms with Gasteiger partial charge >= 0.3 is 6.03 Å². The molecule has 0 saturated carbocycles. The number of likely N-dealkylation sites (tertiary alicyclic amines) is 1. The molecule has 5 heteroatoms. The maximum absolute atomic E-state index is 12.1. The fourth-order valence-corrected chi connectivity index (χ4v) is 2.35. The van der Waals surface area contributed by atoms with Crippen molar-refractivity contribution in [3.63, 3.8) is 0 Å². The van der Waals surface area contributed by atoms with Crippen molar-refractivity contribution in [3.8, 4) is 0 Å². The molecule has 0 spiro atoms. The van der Waals surface area contributed by atoms with Crippen LogP contribution in [0.3, 0.4) is 0 Å². The SMILES string of the molecule is CCc1ccc(NC(=O)[C@@H]2CCCN2C(N)=O)cc1. The van der Waals surface area contributed by atoms with E-state index in [1.165, 1.54) is 10.5 Å². The molecule has 3 N–H and O–H groups in total. The second-order valence-corrected chi connectivity index (χ2v) is 4.73. The van der Waals surface area contributed by atoms with Crippen LogP contribution in [0, 0.1) is 0 Å². The molecule has 102 valence electrons. The van der Waals surface area contributed by atoms with Gasteiger partial charge in [0.1, 0.15) is 6.04 Å². The Morgan fingerprint density at radius 3 is 2.63 bits per heavy atom. The van der Waals surface area contributed by atoms with E-state index in [2.05, 4.69) is 12.2 Å². The summed E-state index contributed by atoms with van der Waals surface area (Å²) in [6.45, 7) is 2.64. The van der Waals surface area contributed by atoms with Gasteiger partial charge in [-0.3, -0.25) is 4.79 Å². The van der Waals surface area contributed by atoms with Crippen molar-refractivity contribution >= 4 is 17.6 Å². The highest BCUT2D eigenvalue weighted by Crippen LogP contribution is 2.19. The van der Waals surface area contributed by atoms with Crippen molar-refractivity contribution in [2.24, 2.45) is 5.73 Å². The van der Waals surface area contributed by atoms with Crippen molar-refractivity contribution in [2.75, 3.05) is 11.9 Å². The molecule has 0 bridgehead atoms. The van der Waals surface area contributed by atoms with Crippen molar-refractivity contribution in [2.45, 2.75) is 32.2 Å². The standard InChI is InChI=1S/C14H19N3O2/c1-2-10-5-7-11(8-6-10)16-13(18)12-4-3-9-17(12)14(15)19/h5-8,12H,2-4,9H2,1H3,(H2,15,19)(H,16,18)/t12-/m0/s1. The number of nitrogens with zero attached hydrogens (tertiary/aromatic N) is 1. The third-order valence-corrected chi connectivity index (χ3v) is 3.47. The molecule has 0 radical (unpaired) electrons. The van der Waals surface area contributed by atoms with Crippen LogP contribution < -0.4 is 11.1 Å². The first kappa shape index (κ1) is 13.4. The molecule has 0 unspecified atom stereocenters. The summed E-state index contributed by atoms with van der Waals surface area (Å²) in [6.07, 6.45) is 2.45. The van der Waals surface area contributed by atoms with E-state index in [4.69, 9.17) is 5.73 Å². The Hall–Kier alpha value is -2.04. The second-order valence-electron chi connectivity index (χ2n) is 4.73. The van der Waals surface area contributed by atoms with Gasteiger partial charge in [0, 0.05) is 12.2 Å². The van der Waals surface area contributed by atoms with Crippen LogP contribution in [0.1, 0.15) is 25.3 Å². The minimum Gasteiger partial charge on any atom is -0.351 e. The second kappa shape index (κ2) is 5.73. The van der Waals surface area contributed by atoms with Crippen LogP contribution in [0.2, 0.25) is 0 Å². The summed E-state index contributed by atoms with van der Waals surface area (Å²) in [4.78, 5) is 24.8. The average molecular weight is 261 g/mol. The van der Waals surface area contributed by atoms with E-state index >= 15 is 0 Å². The number of carbonyl (C=O) groups is 2. The highest BCUT2D eigenvalue weighted by atomic mass is 16.2. The molecule has 19 heavy (non-hydrogen) atoms. The van der Waals surface area contributed by atoms with E-state index in [0.717, 1.165) is 18.5 Å². The van der Waals surface area contributed by atoms with Gasteiger partial charge in [0.05, 0.1) is 0 Å². The van der Waals surface area contributed by atoms with E-state index in [0.29, 0.717) is 13.0 Å². The Balaban J connectivity index is 2.01. The van der Waals surface area contributed by atoms with Gasteiger partial charge in [0.15, 0.2) is 0 Å². The molecule has 1 atom stereocenters. The monoisotopic (exact) mass is 261 g/mol. The van der Waals surface area contributed by atoms with Crippen LogP contribution in [0.4, 0.5) is 10.5 Å². The summed E-state index contributed by atoms with van der Waals surface area (Å²) >= 11 is 0. The molecule has 2 rings (SSSR count). The third-order valence-electron chi connectivity index (χ3n) is 3.47. The summed E-state index contributed by atoms with van der Waals surface area (Å²) in [5.41, 5.74) is 7.23. The number of carbonyl (C=O) groups excluding carboxylic acids is 2. The lowest BCUT2D eigenvalue weighted by atomic mass is 10.1. The zero-order valence-corrected chi connectivity index (χ0v) is 11.1. The number of benzene rings is 1. The van der Waals surface area contributed by atoms with E-state index in [9.17, 15) is 9.59 Å². The van der Waals surface area contributed by atoms with Crippen molar-refractivity contribution in [1.29, 1.82) is 0 Å². The molecule has 1 saturated heterocycles. The molecular formula is C14H19N3O2. The first-order valence-corrected chi connectivity index (χ1v) is 6.57. The van der Waals surface area contributed by atoms with Crippen molar-refractivity contribution in [1.82, 2.24) is 4.90 Å². The van der Waals surface area contributed by atoms with Crippen LogP contribution in [-0.2, 0) is 11.2 Å². The maximum atomic E-state index is 12.1. The molecule has 1 aliphatic heterocycles. The number of hydrogen-bond donors (Lipinski definition) is 2. The number of nitrogens with two attached hydrogens (primary N) is 1. The Labute approximate surface area is 112 Å². The van der Waals surface area contributed by atoms with Gasteiger partial charge in [-0.25, -0.2) is 4.79 Å². The first-order valence-electron chi connectivity index (χ1n) is 6.57. The number of amides is 3. The smallest absolute Gasteiger partial charge is 0.315 e. The number of aryl methyl sites for hydroxylation is 1. The first-order chi connectivity index (χ1) is 9.11. The van der Waals surface area contributed by atoms with Crippen LogP contribution >= 0.6 is 0 Å². The Morgan fingerprint density at radius 2 is 2.05 bits per heavy atom. The Kier molecular flexibility index (Phi) is 4.04. The van der Waals surface area contributed by atoms with Gasteiger partial charge < -0.3 is 16.0 Å². The molecule has 1 heterocycles. The zero-order chi connectivity index (χ0) is 13.8. The highest BCUT2D eigenvalue weighted by molar-refractivity contribution is 5.97. The van der Waals surface area contributed by atoms with Gasteiger partial charge in [-0.05, 0) is 37.0 Å². The van der Waals surface area contributed by atoms with Gasteiger partial charge in [0.2, 0.25) is 5.91 Å².